The molecule has 26 heavy (non-hydrogen) atoms. The Morgan fingerprint density at radius 2 is 1.42 bits per heavy atom. The SMILES string of the molecule is COc1ccc2nccc(C(O)(c3ccccc3)c3ccccc3)c2c1. The molecule has 0 bridgehead atoms. The standard InChI is InChI=1S/C23H19NO2/c1-26-19-12-13-22-20(16-19)21(14-15-24-22)23(25,17-8-4-2-5-9-17)18-10-6-3-7-11-18/h2-16,25H,1H3. The highest BCUT2D eigenvalue weighted by Gasteiger charge is 2.35. The minimum Gasteiger partial charge on any atom is -0.497 e. The first-order chi connectivity index (χ1) is 12.7. The van der Waals surface area contributed by atoms with E-state index in [-0.39, 0.29) is 0 Å². The molecular formula is C23H19NO2. The van der Waals surface area contributed by atoms with Crippen LogP contribution >= 0.6 is 0 Å². The van der Waals surface area contributed by atoms with Crippen LogP contribution in [-0.4, -0.2) is 17.2 Å². The fraction of sp³-hybridized carbons (Fsp3) is 0.0870. The zero-order valence-electron chi connectivity index (χ0n) is 14.5. The number of nitrogens with zero attached hydrogens (tertiary/aromatic N) is 1. The maximum Gasteiger partial charge on any atom is 0.141 e. The van der Waals surface area contributed by atoms with E-state index < -0.39 is 5.60 Å². The summed E-state index contributed by atoms with van der Waals surface area (Å²) >= 11 is 0. The Morgan fingerprint density at radius 1 is 0.808 bits per heavy atom. The van der Waals surface area contributed by atoms with Gasteiger partial charge >= 0.3 is 0 Å². The van der Waals surface area contributed by atoms with Crippen molar-refractivity contribution >= 4 is 10.9 Å². The van der Waals surface area contributed by atoms with Crippen molar-refractivity contribution in [2.24, 2.45) is 0 Å². The van der Waals surface area contributed by atoms with Crippen LogP contribution in [0.3, 0.4) is 0 Å². The second kappa shape index (κ2) is 6.62. The second-order valence-corrected chi connectivity index (χ2v) is 6.18. The van der Waals surface area contributed by atoms with Gasteiger partial charge in [-0.15, -0.1) is 0 Å². The zero-order chi connectivity index (χ0) is 18.0. The Hall–Kier alpha value is -3.17. The Bertz CT molecular complexity index is 990. The van der Waals surface area contributed by atoms with E-state index in [1.54, 1.807) is 13.3 Å². The van der Waals surface area contributed by atoms with Gasteiger partial charge in [0.1, 0.15) is 11.4 Å². The first kappa shape index (κ1) is 16.3. The molecule has 1 aromatic heterocycles. The van der Waals surface area contributed by atoms with Crippen molar-refractivity contribution in [1.82, 2.24) is 4.98 Å². The molecule has 0 spiro atoms. The van der Waals surface area contributed by atoms with Gasteiger partial charge in [0, 0.05) is 17.1 Å². The molecule has 128 valence electrons. The minimum absolute atomic E-state index is 0.732. The van der Waals surface area contributed by atoms with Crippen molar-refractivity contribution in [2.45, 2.75) is 5.60 Å². The van der Waals surface area contributed by atoms with Gasteiger partial charge in [0.05, 0.1) is 12.6 Å². The van der Waals surface area contributed by atoms with Gasteiger partial charge in [-0.3, -0.25) is 4.98 Å². The van der Waals surface area contributed by atoms with E-state index in [2.05, 4.69) is 4.98 Å². The Kier molecular flexibility index (Phi) is 4.15. The number of fused-ring (bicyclic) bond motifs is 1. The normalized spacial score (nSPS) is 11.5. The molecule has 0 radical (unpaired) electrons. The van der Waals surface area contributed by atoms with Crippen molar-refractivity contribution in [3.05, 3.63) is 108 Å². The van der Waals surface area contributed by atoms with Gasteiger partial charge in [0.15, 0.2) is 0 Å². The topological polar surface area (TPSA) is 42.4 Å². The lowest BCUT2D eigenvalue weighted by molar-refractivity contribution is 0.127. The average molecular weight is 341 g/mol. The molecule has 0 saturated heterocycles. The highest BCUT2D eigenvalue weighted by atomic mass is 16.5. The highest BCUT2D eigenvalue weighted by Crippen LogP contribution is 2.40. The molecule has 1 N–H and O–H groups in total. The summed E-state index contributed by atoms with van der Waals surface area (Å²) in [5, 5.41) is 12.9. The number of hydrogen-bond donors (Lipinski definition) is 1. The van der Waals surface area contributed by atoms with Crippen LogP contribution in [0.4, 0.5) is 0 Å². The fourth-order valence-corrected chi connectivity index (χ4v) is 3.40. The molecule has 0 aliphatic heterocycles. The fourth-order valence-electron chi connectivity index (χ4n) is 3.40. The maximum absolute atomic E-state index is 12.0. The van der Waals surface area contributed by atoms with Crippen LogP contribution in [0.15, 0.2) is 91.1 Å². The predicted octanol–water partition coefficient (Wildman–Crippen LogP) is 4.53. The van der Waals surface area contributed by atoms with Crippen LogP contribution in [0.1, 0.15) is 16.7 Å². The molecule has 0 atom stereocenters. The number of pyridine rings is 1. The Labute approximate surface area is 152 Å². The van der Waals surface area contributed by atoms with Crippen molar-refractivity contribution in [3.63, 3.8) is 0 Å². The lowest BCUT2D eigenvalue weighted by atomic mass is 9.79. The number of benzene rings is 3. The molecule has 3 heteroatoms. The van der Waals surface area contributed by atoms with Crippen LogP contribution in [0.2, 0.25) is 0 Å². The summed E-state index contributed by atoms with van der Waals surface area (Å²) in [4.78, 5) is 4.45. The second-order valence-electron chi connectivity index (χ2n) is 6.18. The van der Waals surface area contributed by atoms with Gasteiger partial charge in [-0.05, 0) is 35.4 Å². The third kappa shape index (κ3) is 2.63. The van der Waals surface area contributed by atoms with Gasteiger partial charge in [-0.2, -0.15) is 0 Å². The van der Waals surface area contributed by atoms with Crippen molar-refractivity contribution in [2.75, 3.05) is 7.11 Å². The molecule has 0 amide bonds. The van der Waals surface area contributed by atoms with Gasteiger partial charge < -0.3 is 9.84 Å². The summed E-state index contributed by atoms with van der Waals surface area (Å²) in [5.74, 6) is 0.732. The zero-order valence-corrected chi connectivity index (χ0v) is 14.5. The number of rotatable bonds is 4. The molecule has 0 saturated carbocycles. The van der Waals surface area contributed by atoms with Crippen LogP contribution in [-0.2, 0) is 5.60 Å². The first-order valence-electron chi connectivity index (χ1n) is 8.50. The largest absolute Gasteiger partial charge is 0.497 e. The van der Waals surface area contributed by atoms with Gasteiger partial charge in [0.2, 0.25) is 0 Å². The molecule has 3 nitrogen and oxygen atoms in total. The highest BCUT2D eigenvalue weighted by molar-refractivity contribution is 5.85. The van der Waals surface area contributed by atoms with E-state index in [1.165, 1.54) is 0 Å². The van der Waals surface area contributed by atoms with Gasteiger partial charge in [0.25, 0.3) is 0 Å². The summed E-state index contributed by atoms with van der Waals surface area (Å²) < 4.78 is 5.39. The minimum atomic E-state index is -1.30. The predicted molar refractivity (Wildman–Crippen MR) is 103 cm³/mol. The molecule has 0 aliphatic carbocycles. The van der Waals surface area contributed by atoms with E-state index in [0.717, 1.165) is 33.3 Å². The molecular weight excluding hydrogens is 322 g/mol. The number of methoxy groups -OCH3 is 1. The van der Waals surface area contributed by atoms with Crippen LogP contribution in [0, 0.1) is 0 Å². The van der Waals surface area contributed by atoms with Crippen LogP contribution < -0.4 is 4.74 Å². The van der Waals surface area contributed by atoms with E-state index in [9.17, 15) is 5.11 Å². The van der Waals surface area contributed by atoms with Crippen molar-refractivity contribution < 1.29 is 9.84 Å². The monoisotopic (exact) mass is 341 g/mol. The van der Waals surface area contributed by atoms with E-state index in [4.69, 9.17) is 4.74 Å². The molecule has 3 aromatic carbocycles. The first-order valence-corrected chi connectivity index (χ1v) is 8.50. The Balaban J connectivity index is 2.06. The number of ether oxygens (including phenoxy) is 1. The summed E-state index contributed by atoms with van der Waals surface area (Å²) in [5.41, 5.74) is 1.91. The van der Waals surface area contributed by atoms with Gasteiger partial charge in [-0.25, -0.2) is 0 Å². The lowest BCUT2D eigenvalue weighted by Gasteiger charge is -2.31. The molecule has 0 unspecified atom stereocenters. The van der Waals surface area contributed by atoms with E-state index in [1.807, 2.05) is 84.9 Å². The van der Waals surface area contributed by atoms with Crippen molar-refractivity contribution in [1.29, 1.82) is 0 Å². The number of hydrogen-bond acceptors (Lipinski definition) is 3. The quantitative estimate of drug-likeness (QED) is 0.593. The van der Waals surface area contributed by atoms with Crippen LogP contribution in [0.5, 0.6) is 5.75 Å². The summed E-state index contributed by atoms with van der Waals surface area (Å²) in [7, 11) is 1.64. The van der Waals surface area contributed by atoms with E-state index >= 15 is 0 Å². The van der Waals surface area contributed by atoms with Crippen LogP contribution in [0.25, 0.3) is 10.9 Å². The lowest BCUT2D eigenvalue weighted by Crippen LogP contribution is -2.29. The molecule has 4 aromatic rings. The summed E-state index contributed by atoms with van der Waals surface area (Å²) in [6.07, 6.45) is 1.74. The molecule has 1 heterocycles. The summed E-state index contributed by atoms with van der Waals surface area (Å²) in [6.45, 7) is 0. The average Bonchev–Trinajstić information content (AvgIpc) is 2.73. The number of aromatic nitrogens is 1. The summed E-state index contributed by atoms with van der Waals surface area (Å²) in [6, 6.07) is 27.0. The smallest absolute Gasteiger partial charge is 0.141 e. The molecule has 0 fully saturated rings. The maximum atomic E-state index is 12.0. The third-order valence-electron chi connectivity index (χ3n) is 4.72. The van der Waals surface area contributed by atoms with Crippen molar-refractivity contribution in [3.8, 4) is 5.75 Å². The van der Waals surface area contributed by atoms with Gasteiger partial charge in [-0.1, -0.05) is 60.7 Å². The molecule has 4 rings (SSSR count). The molecule has 0 aliphatic rings. The van der Waals surface area contributed by atoms with E-state index in [0.29, 0.717) is 0 Å². The Morgan fingerprint density at radius 3 is 2.00 bits per heavy atom. The third-order valence-corrected chi connectivity index (χ3v) is 4.72. The number of aliphatic hydroxyl groups is 1.